The van der Waals surface area contributed by atoms with Gasteiger partial charge in [-0.05, 0) is 30.2 Å². The fraction of sp³-hybridized carbons (Fsp3) is 0.381. The molecule has 1 N–H and O–H groups in total. The third kappa shape index (κ3) is 5.03. The van der Waals surface area contributed by atoms with Crippen LogP contribution in [0.15, 0.2) is 42.5 Å². The molecule has 154 valence electrons. The summed E-state index contributed by atoms with van der Waals surface area (Å²) in [5.74, 6) is 0.656. The zero-order valence-corrected chi connectivity index (χ0v) is 16.8. The summed E-state index contributed by atoms with van der Waals surface area (Å²) in [5.41, 5.74) is 2.05. The number of non-ortho nitro benzene ring substituents is 1. The maximum Gasteiger partial charge on any atom is 0.270 e. The average Bonchev–Trinajstić information content (AvgIpc) is 2.98. The molecule has 0 radical (unpaired) electrons. The van der Waals surface area contributed by atoms with Crippen LogP contribution in [0.25, 0.3) is 0 Å². The smallest absolute Gasteiger partial charge is 0.270 e. The number of hydrogen-bond donors (Lipinski definition) is 1. The lowest BCUT2D eigenvalue weighted by molar-refractivity contribution is -0.384. The average molecular weight is 398 g/mol. The van der Waals surface area contributed by atoms with Gasteiger partial charge in [0.25, 0.3) is 11.6 Å². The van der Waals surface area contributed by atoms with Gasteiger partial charge in [0.05, 0.1) is 17.6 Å². The van der Waals surface area contributed by atoms with Crippen LogP contribution in [-0.4, -0.2) is 61.0 Å². The summed E-state index contributed by atoms with van der Waals surface area (Å²) < 4.78 is 5.20. The highest BCUT2D eigenvalue weighted by molar-refractivity contribution is 6.00. The quantitative estimate of drug-likeness (QED) is 0.595. The fourth-order valence-electron chi connectivity index (χ4n) is 3.53. The number of nitro groups is 1. The van der Waals surface area contributed by atoms with Gasteiger partial charge < -0.3 is 15.0 Å². The van der Waals surface area contributed by atoms with Gasteiger partial charge in [-0.1, -0.05) is 12.1 Å². The van der Waals surface area contributed by atoms with Gasteiger partial charge in [0, 0.05) is 57.6 Å². The number of ether oxygens (including phenoxy) is 1. The van der Waals surface area contributed by atoms with Crippen LogP contribution >= 0.6 is 0 Å². The van der Waals surface area contributed by atoms with Crippen LogP contribution in [0.4, 0.5) is 11.4 Å². The Bertz CT molecular complexity index is 869. The number of carbonyl (C=O) groups is 1. The molecule has 0 bridgehead atoms. The minimum absolute atomic E-state index is 0.0803. The normalized spacial score (nSPS) is 14.9. The van der Waals surface area contributed by atoms with Crippen molar-refractivity contribution < 1.29 is 14.5 Å². The zero-order valence-electron chi connectivity index (χ0n) is 16.8. The highest BCUT2D eigenvalue weighted by Gasteiger charge is 2.24. The Balaban J connectivity index is 1.67. The van der Waals surface area contributed by atoms with Crippen LogP contribution in [0, 0.1) is 10.1 Å². The fourth-order valence-corrected chi connectivity index (χ4v) is 3.53. The van der Waals surface area contributed by atoms with Gasteiger partial charge >= 0.3 is 0 Å². The molecule has 1 amide bonds. The molecular formula is C21H26N4O4. The Hall–Kier alpha value is -3.13. The first-order chi connectivity index (χ1) is 14.0. The Morgan fingerprint density at radius 3 is 2.55 bits per heavy atom. The van der Waals surface area contributed by atoms with Crippen LogP contribution in [0.1, 0.15) is 22.3 Å². The van der Waals surface area contributed by atoms with Crippen molar-refractivity contribution in [2.24, 2.45) is 0 Å². The molecule has 0 aromatic heterocycles. The minimum Gasteiger partial charge on any atom is -0.497 e. The van der Waals surface area contributed by atoms with Gasteiger partial charge in [-0.25, -0.2) is 0 Å². The first-order valence-electron chi connectivity index (χ1n) is 9.62. The molecule has 1 heterocycles. The summed E-state index contributed by atoms with van der Waals surface area (Å²) in [4.78, 5) is 27.8. The van der Waals surface area contributed by atoms with Gasteiger partial charge in [-0.15, -0.1) is 0 Å². The molecule has 2 aromatic rings. The molecule has 2 aromatic carbocycles. The van der Waals surface area contributed by atoms with Gasteiger partial charge in [0.2, 0.25) is 0 Å². The van der Waals surface area contributed by atoms with Crippen molar-refractivity contribution in [3.63, 3.8) is 0 Å². The number of benzene rings is 2. The summed E-state index contributed by atoms with van der Waals surface area (Å²) in [6, 6.07) is 12.3. The molecule has 3 rings (SSSR count). The Morgan fingerprint density at radius 2 is 1.90 bits per heavy atom. The molecule has 1 saturated heterocycles. The van der Waals surface area contributed by atoms with E-state index in [1.807, 2.05) is 12.1 Å². The van der Waals surface area contributed by atoms with Crippen LogP contribution in [0.2, 0.25) is 0 Å². The van der Waals surface area contributed by atoms with Gasteiger partial charge in [-0.3, -0.25) is 19.8 Å². The van der Waals surface area contributed by atoms with Crippen molar-refractivity contribution in [3.05, 3.63) is 63.7 Å². The first-order valence-corrected chi connectivity index (χ1v) is 9.62. The number of nitrogens with zero attached hydrogens (tertiary/aromatic N) is 3. The van der Waals surface area contributed by atoms with Crippen molar-refractivity contribution >= 4 is 17.3 Å². The number of carbonyl (C=O) groups excluding carboxylic acids is 1. The van der Waals surface area contributed by atoms with Crippen molar-refractivity contribution in [1.82, 2.24) is 9.80 Å². The van der Waals surface area contributed by atoms with E-state index in [0.717, 1.165) is 31.8 Å². The second kappa shape index (κ2) is 9.38. The SMILES string of the molecule is CNc1ccc([N+](=O)[O-])cc1C(=O)N1CCCN(Cc2ccc(OC)cc2)CC1. The number of rotatable bonds is 6. The van der Waals surface area contributed by atoms with Crippen LogP contribution in [0.5, 0.6) is 5.75 Å². The maximum atomic E-state index is 13.1. The van der Waals surface area contributed by atoms with E-state index in [9.17, 15) is 14.9 Å². The Kier molecular flexibility index (Phi) is 6.66. The van der Waals surface area contributed by atoms with Crippen molar-refractivity contribution in [3.8, 4) is 5.75 Å². The largest absolute Gasteiger partial charge is 0.497 e. The summed E-state index contributed by atoms with van der Waals surface area (Å²) in [6.45, 7) is 3.67. The number of nitro benzene ring substituents is 1. The summed E-state index contributed by atoms with van der Waals surface area (Å²) in [7, 11) is 3.35. The van der Waals surface area contributed by atoms with Gasteiger partial charge in [-0.2, -0.15) is 0 Å². The van der Waals surface area contributed by atoms with Crippen LogP contribution in [-0.2, 0) is 6.54 Å². The summed E-state index contributed by atoms with van der Waals surface area (Å²) in [5, 5.41) is 14.1. The first kappa shape index (κ1) is 20.6. The molecule has 1 aliphatic rings. The van der Waals surface area contributed by atoms with E-state index < -0.39 is 4.92 Å². The lowest BCUT2D eigenvalue weighted by Crippen LogP contribution is -2.35. The van der Waals surface area contributed by atoms with Crippen molar-refractivity contribution in [2.75, 3.05) is 45.7 Å². The highest BCUT2D eigenvalue weighted by atomic mass is 16.6. The standard InChI is InChI=1S/C21H26N4O4/c1-22-20-9-6-17(25(27)28)14-19(20)21(26)24-11-3-10-23(12-13-24)15-16-4-7-18(29-2)8-5-16/h4-9,14,22H,3,10-13,15H2,1-2H3. The third-order valence-electron chi connectivity index (χ3n) is 5.15. The Morgan fingerprint density at radius 1 is 1.14 bits per heavy atom. The van der Waals surface area contributed by atoms with E-state index in [4.69, 9.17) is 4.74 Å². The predicted molar refractivity (Wildman–Crippen MR) is 111 cm³/mol. The van der Waals surface area contributed by atoms with E-state index in [1.54, 1.807) is 25.1 Å². The number of anilines is 1. The molecule has 8 heteroatoms. The van der Waals surface area contributed by atoms with Crippen molar-refractivity contribution in [2.45, 2.75) is 13.0 Å². The molecule has 0 aliphatic carbocycles. The number of hydrogen-bond acceptors (Lipinski definition) is 6. The highest BCUT2D eigenvalue weighted by Crippen LogP contribution is 2.24. The zero-order chi connectivity index (χ0) is 20.8. The molecule has 0 spiro atoms. The van der Waals surface area contributed by atoms with E-state index >= 15 is 0 Å². The molecule has 29 heavy (non-hydrogen) atoms. The van der Waals surface area contributed by atoms with E-state index in [1.165, 1.54) is 17.7 Å². The number of amides is 1. The van der Waals surface area contributed by atoms with Gasteiger partial charge in [0.1, 0.15) is 5.75 Å². The predicted octanol–water partition coefficient (Wildman–Crippen LogP) is 2.99. The monoisotopic (exact) mass is 398 g/mol. The molecule has 8 nitrogen and oxygen atoms in total. The second-order valence-corrected chi connectivity index (χ2v) is 7.01. The van der Waals surface area contributed by atoms with Gasteiger partial charge in [0.15, 0.2) is 0 Å². The molecule has 0 unspecified atom stereocenters. The molecule has 0 saturated carbocycles. The van der Waals surface area contributed by atoms with Crippen LogP contribution in [0.3, 0.4) is 0 Å². The minimum atomic E-state index is -0.477. The number of nitrogens with one attached hydrogen (secondary N) is 1. The van der Waals surface area contributed by atoms with E-state index in [-0.39, 0.29) is 11.6 Å². The van der Waals surface area contributed by atoms with E-state index in [2.05, 4.69) is 22.3 Å². The van der Waals surface area contributed by atoms with Crippen LogP contribution < -0.4 is 10.1 Å². The van der Waals surface area contributed by atoms with E-state index in [0.29, 0.717) is 24.3 Å². The maximum absolute atomic E-state index is 13.1. The second-order valence-electron chi connectivity index (χ2n) is 7.01. The number of methoxy groups -OCH3 is 1. The molecular weight excluding hydrogens is 372 g/mol. The topological polar surface area (TPSA) is 88.0 Å². The lowest BCUT2D eigenvalue weighted by Gasteiger charge is -2.23. The lowest BCUT2D eigenvalue weighted by atomic mass is 10.1. The Labute approximate surface area is 170 Å². The summed E-state index contributed by atoms with van der Waals surface area (Å²) in [6.07, 6.45) is 0.853. The van der Waals surface area contributed by atoms with Crippen molar-refractivity contribution in [1.29, 1.82) is 0 Å². The third-order valence-corrected chi connectivity index (χ3v) is 5.15. The molecule has 1 aliphatic heterocycles. The molecule has 0 atom stereocenters. The summed E-state index contributed by atoms with van der Waals surface area (Å²) >= 11 is 0. The molecule has 1 fully saturated rings.